The van der Waals surface area contributed by atoms with E-state index >= 15 is 0 Å². The summed E-state index contributed by atoms with van der Waals surface area (Å²) in [4.78, 5) is 18.3. The van der Waals surface area contributed by atoms with Gasteiger partial charge in [0, 0.05) is 51.4 Å². The molecule has 0 N–H and O–H groups in total. The number of anilines is 1. The topological polar surface area (TPSA) is 45.2 Å². The van der Waals surface area contributed by atoms with Gasteiger partial charge in [-0.25, -0.2) is 9.18 Å². The number of rotatable bonds is 4. The molecule has 1 amide bonds. The van der Waals surface area contributed by atoms with Gasteiger partial charge in [0.15, 0.2) is 0 Å². The van der Waals surface area contributed by atoms with Gasteiger partial charge in [0.05, 0.1) is 5.69 Å². The summed E-state index contributed by atoms with van der Waals surface area (Å²) in [6, 6.07) is 5.69. The molecule has 2 aliphatic rings. The molecular formula is C23H36FN3O3. The van der Waals surface area contributed by atoms with Crippen molar-refractivity contribution in [2.24, 2.45) is 0 Å². The molecule has 2 aliphatic heterocycles. The number of halogens is 1. The van der Waals surface area contributed by atoms with E-state index in [-0.39, 0.29) is 18.0 Å². The van der Waals surface area contributed by atoms with E-state index in [1.807, 2.05) is 31.7 Å². The van der Waals surface area contributed by atoms with Crippen molar-refractivity contribution >= 4 is 11.8 Å². The minimum atomic E-state index is -0.512. The summed E-state index contributed by atoms with van der Waals surface area (Å²) in [7, 11) is 0. The van der Waals surface area contributed by atoms with Crippen molar-refractivity contribution in [3.05, 3.63) is 24.0 Å². The van der Waals surface area contributed by atoms with Crippen LogP contribution in [-0.2, 0) is 4.74 Å². The zero-order chi connectivity index (χ0) is 21.9. The number of carbonyl (C=O) groups excluding carboxylic acids is 1. The second-order valence-electron chi connectivity index (χ2n) is 9.51. The van der Waals surface area contributed by atoms with E-state index in [1.54, 1.807) is 11.0 Å². The fourth-order valence-electron chi connectivity index (χ4n) is 3.98. The molecule has 0 spiro atoms. The van der Waals surface area contributed by atoms with E-state index in [2.05, 4.69) is 18.7 Å². The molecule has 0 unspecified atom stereocenters. The Kier molecular flexibility index (Phi) is 7.11. The summed E-state index contributed by atoms with van der Waals surface area (Å²) in [6.07, 6.45) is 1.76. The molecular weight excluding hydrogens is 385 g/mol. The van der Waals surface area contributed by atoms with E-state index in [1.165, 1.54) is 6.07 Å². The van der Waals surface area contributed by atoms with Crippen molar-refractivity contribution in [1.82, 2.24) is 9.80 Å². The van der Waals surface area contributed by atoms with Crippen molar-refractivity contribution in [1.29, 1.82) is 0 Å². The summed E-state index contributed by atoms with van der Waals surface area (Å²) in [5, 5.41) is 0. The van der Waals surface area contributed by atoms with Crippen LogP contribution in [0.1, 0.15) is 47.5 Å². The van der Waals surface area contributed by atoms with Gasteiger partial charge in [-0.1, -0.05) is 0 Å². The van der Waals surface area contributed by atoms with Gasteiger partial charge in [0.25, 0.3) is 0 Å². The maximum absolute atomic E-state index is 14.8. The van der Waals surface area contributed by atoms with Crippen LogP contribution in [0.25, 0.3) is 0 Å². The summed E-state index contributed by atoms with van der Waals surface area (Å²) in [6.45, 7) is 14.2. The number of hydrogen-bond donors (Lipinski definition) is 0. The second-order valence-corrected chi connectivity index (χ2v) is 9.51. The molecule has 0 radical (unpaired) electrons. The lowest BCUT2D eigenvalue weighted by atomic mass is 10.1. The maximum Gasteiger partial charge on any atom is 0.410 e. The second kappa shape index (κ2) is 9.41. The minimum absolute atomic E-state index is 0.141. The predicted molar refractivity (Wildman–Crippen MR) is 117 cm³/mol. The number of amides is 1. The first-order valence-electron chi connectivity index (χ1n) is 11.1. The highest BCUT2D eigenvalue weighted by molar-refractivity contribution is 5.68. The number of piperidine rings is 1. The van der Waals surface area contributed by atoms with Crippen molar-refractivity contribution in [3.63, 3.8) is 0 Å². The zero-order valence-corrected chi connectivity index (χ0v) is 19.0. The average molecular weight is 422 g/mol. The summed E-state index contributed by atoms with van der Waals surface area (Å²) >= 11 is 0. The molecule has 168 valence electrons. The highest BCUT2D eigenvalue weighted by Gasteiger charge is 2.27. The molecule has 2 heterocycles. The number of piperazine rings is 1. The number of carbonyl (C=O) groups is 1. The zero-order valence-electron chi connectivity index (χ0n) is 19.0. The van der Waals surface area contributed by atoms with Gasteiger partial charge in [-0.15, -0.1) is 0 Å². The summed E-state index contributed by atoms with van der Waals surface area (Å²) in [5.41, 5.74) is 0.0440. The molecule has 7 heteroatoms. The standard InChI is InChI=1S/C23H36FN3O3/c1-17(2)25-10-8-18(9-11-25)29-19-6-7-21(20(24)16-19)26-12-14-27(15-13-26)22(28)30-23(3,4)5/h6-7,16-18H,8-15H2,1-5H3. The Morgan fingerprint density at radius 1 is 1.07 bits per heavy atom. The van der Waals surface area contributed by atoms with Gasteiger partial charge >= 0.3 is 6.09 Å². The highest BCUT2D eigenvalue weighted by atomic mass is 19.1. The third-order valence-corrected chi connectivity index (χ3v) is 5.70. The number of benzene rings is 1. The number of nitrogens with zero attached hydrogens (tertiary/aromatic N) is 3. The van der Waals surface area contributed by atoms with E-state index in [4.69, 9.17) is 9.47 Å². The van der Waals surface area contributed by atoms with E-state index < -0.39 is 5.60 Å². The van der Waals surface area contributed by atoms with Crippen LogP contribution in [0, 0.1) is 5.82 Å². The number of ether oxygens (including phenoxy) is 2. The molecule has 0 saturated carbocycles. The van der Waals surface area contributed by atoms with Crippen LogP contribution in [0.15, 0.2) is 18.2 Å². The van der Waals surface area contributed by atoms with Crippen LogP contribution in [0.2, 0.25) is 0 Å². The first kappa shape index (κ1) is 22.7. The fourth-order valence-corrected chi connectivity index (χ4v) is 3.98. The van der Waals surface area contributed by atoms with Crippen LogP contribution >= 0.6 is 0 Å². The molecule has 0 atom stereocenters. The Morgan fingerprint density at radius 2 is 1.70 bits per heavy atom. The lowest BCUT2D eigenvalue weighted by Gasteiger charge is -2.37. The predicted octanol–water partition coefficient (Wildman–Crippen LogP) is 4.13. The van der Waals surface area contributed by atoms with Crippen molar-refractivity contribution < 1.29 is 18.7 Å². The van der Waals surface area contributed by atoms with E-state index in [0.29, 0.717) is 43.7 Å². The molecule has 3 rings (SSSR count). The van der Waals surface area contributed by atoms with Crippen LogP contribution in [0.4, 0.5) is 14.9 Å². The average Bonchev–Trinajstić information content (AvgIpc) is 2.67. The molecule has 0 aliphatic carbocycles. The summed E-state index contributed by atoms with van der Waals surface area (Å²) < 4.78 is 26.3. The van der Waals surface area contributed by atoms with E-state index in [9.17, 15) is 9.18 Å². The van der Waals surface area contributed by atoms with Gasteiger partial charge in [0.1, 0.15) is 23.3 Å². The Balaban J connectivity index is 1.52. The smallest absolute Gasteiger partial charge is 0.410 e. The Labute approximate surface area is 179 Å². The van der Waals surface area contributed by atoms with Gasteiger partial charge in [-0.2, -0.15) is 0 Å². The third-order valence-electron chi connectivity index (χ3n) is 5.70. The molecule has 6 nitrogen and oxygen atoms in total. The van der Waals surface area contributed by atoms with Gasteiger partial charge in [-0.3, -0.25) is 0 Å². The molecule has 30 heavy (non-hydrogen) atoms. The Bertz CT molecular complexity index is 719. The van der Waals surface area contributed by atoms with Crippen LogP contribution in [0.3, 0.4) is 0 Å². The maximum atomic E-state index is 14.8. The Morgan fingerprint density at radius 3 is 2.23 bits per heavy atom. The lowest BCUT2D eigenvalue weighted by Crippen LogP contribution is -2.50. The quantitative estimate of drug-likeness (QED) is 0.731. The summed E-state index contributed by atoms with van der Waals surface area (Å²) in [5.74, 6) is 0.310. The molecule has 2 fully saturated rings. The van der Waals surface area contributed by atoms with Crippen molar-refractivity contribution in [2.75, 3.05) is 44.2 Å². The first-order valence-corrected chi connectivity index (χ1v) is 11.1. The highest BCUT2D eigenvalue weighted by Crippen LogP contribution is 2.27. The molecule has 0 bridgehead atoms. The molecule has 0 aromatic heterocycles. The lowest BCUT2D eigenvalue weighted by molar-refractivity contribution is 0.0240. The van der Waals surface area contributed by atoms with Crippen molar-refractivity contribution in [2.45, 2.75) is 65.2 Å². The largest absolute Gasteiger partial charge is 0.490 e. The molecule has 1 aromatic rings. The van der Waals surface area contributed by atoms with E-state index in [0.717, 1.165) is 25.9 Å². The number of likely N-dealkylation sites (tertiary alicyclic amines) is 1. The molecule has 1 aromatic carbocycles. The van der Waals surface area contributed by atoms with Crippen molar-refractivity contribution in [3.8, 4) is 5.75 Å². The van der Waals surface area contributed by atoms with Crippen LogP contribution < -0.4 is 9.64 Å². The van der Waals surface area contributed by atoms with Crippen LogP contribution in [0.5, 0.6) is 5.75 Å². The SMILES string of the molecule is CC(C)N1CCC(Oc2ccc(N3CCN(C(=O)OC(C)(C)C)CC3)c(F)c2)CC1. The fraction of sp³-hybridized carbons (Fsp3) is 0.696. The number of hydrogen-bond acceptors (Lipinski definition) is 5. The third kappa shape index (κ3) is 6.00. The van der Waals surface area contributed by atoms with Gasteiger partial charge < -0.3 is 24.2 Å². The first-order chi connectivity index (χ1) is 14.1. The monoisotopic (exact) mass is 421 g/mol. The van der Waals surface area contributed by atoms with Crippen LogP contribution in [-0.4, -0.2) is 72.9 Å². The Hall–Kier alpha value is -2.02. The van der Waals surface area contributed by atoms with Gasteiger partial charge in [-0.05, 0) is 59.6 Å². The molecule has 2 saturated heterocycles. The minimum Gasteiger partial charge on any atom is -0.490 e. The van der Waals surface area contributed by atoms with Gasteiger partial charge in [0.2, 0.25) is 0 Å². The normalized spacial score (nSPS) is 19.3.